The van der Waals surface area contributed by atoms with Gasteiger partial charge in [0.05, 0.1) is 31.3 Å². The second-order valence-corrected chi connectivity index (χ2v) is 13.9. The molecule has 0 aromatic carbocycles. The molecule has 2 heterocycles. The summed E-state index contributed by atoms with van der Waals surface area (Å²) in [6.45, 7) is 13.0. The first-order valence-electron chi connectivity index (χ1n) is 14.7. The molecule has 1 aromatic heterocycles. The smallest absolute Gasteiger partial charge is 0.302 e. The third-order valence-electron chi connectivity index (χ3n) is 12.0. The molecule has 41 heavy (non-hydrogen) atoms. The van der Waals surface area contributed by atoms with Gasteiger partial charge in [-0.05, 0) is 30.4 Å². The highest BCUT2D eigenvalue weighted by Gasteiger charge is 2.78. The van der Waals surface area contributed by atoms with Crippen LogP contribution in [0, 0.1) is 33.5 Å². The van der Waals surface area contributed by atoms with Crippen molar-refractivity contribution < 1.29 is 42.9 Å². The van der Waals surface area contributed by atoms with Crippen molar-refractivity contribution >= 4 is 17.9 Å². The molecular weight excluding hydrogens is 528 g/mol. The highest BCUT2D eigenvalue weighted by Crippen LogP contribution is 2.75. The van der Waals surface area contributed by atoms with E-state index in [2.05, 4.69) is 33.8 Å². The van der Waals surface area contributed by atoms with Crippen LogP contribution in [-0.4, -0.2) is 60.1 Å². The van der Waals surface area contributed by atoms with Gasteiger partial charge in [0, 0.05) is 60.7 Å². The number of allylic oxidation sites excluding steroid dienone is 1. The van der Waals surface area contributed by atoms with E-state index in [1.54, 1.807) is 12.5 Å². The molecular formula is C32H42O9. The van der Waals surface area contributed by atoms with E-state index < -0.39 is 64.1 Å². The summed E-state index contributed by atoms with van der Waals surface area (Å²) in [6.07, 6.45) is 4.06. The maximum atomic E-state index is 12.6. The molecule has 5 aliphatic rings. The van der Waals surface area contributed by atoms with Crippen LogP contribution in [0.3, 0.4) is 0 Å². The largest absolute Gasteiger partial charge is 0.472 e. The SMILES string of the molecule is CC(=O)O[C@H]1C[C@@H](OC(C)=O)[C@]2(C)[C@@H]3[C@H](OC[C@@]13C)[C@H](O)[C@]1(C)C3=CC[C@H](c4ccoc4)[C@@]3(C)[C@H](OC(C)=O)C[C@H]12. The zero-order chi connectivity index (χ0) is 29.7. The second-order valence-electron chi connectivity index (χ2n) is 13.9. The fourth-order valence-corrected chi connectivity index (χ4v) is 10.5. The molecule has 12 atom stereocenters. The lowest BCUT2D eigenvalue weighted by Gasteiger charge is -2.70. The summed E-state index contributed by atoms with van der Waals surface area (Å²) in [4.78, 5) is 37.3. The van der Waals surface area contributed by atoms with Crippen LogP contribution >= 0.6 is 0 Å². The first-order chi connectivity index (χ1) is 19.2. The van der Waals surface area contributed by atoms with Crippen molar-refractivity contribution in [3.8, 4) is 0 Å². The van der Waals surface area contributed by atoms with Gasteiger partial charge in [0.2, 0.25) is 0 Å². The maximum absolute atomic E-state index is 12.6. The Morgan fingerprint density at radius 2 is 1.54 bits per heavy atom. The summed E-state index contributed by atoms with van der Waals surface area (Å²) in [6, 6.07) is 1.96. The van der Waals surface area contributed by atoms with Gasteiger partial charge < -0.3 is 28.5 Å². The third kappa shape index (κ3) is 3.63. The second kappa shape index (κ2) is 9.17. The van der Waals surface area contributed by atoms with Crippen molar-refractivity contribution in [2.75, 3.05) is 6.61 Å². The number of aliphatic hydroxyl groups is 1. The zero-order valence-corrected chi connectivity index (χ0v) is 25.0. The Labute approximate surface area is 240 Å². The number of ether oxygens (including phenoxy) is 4. The molecule has 6 rings (SSSR count). The minimum Gasteiger partial charge on any atom is -0.472 e. The third-order valence-corrected chi connectivity index (χ3v) is 12.0. The highest BCUT2D eigenvalue weighted by molar-refractivity contribution is 5.67. The highest BCUT2D eigenvalue weighted by atomic mass is 16.6. The Kier molecular flexibility index (Phi) is 6.37. The summed E-state index contributed by atoms with van der Waals surface area (Å²) in [5.74, 6) is -1.70. The quantitative estimate of drug-likeness (QED) is 0.320. The van der Waals surface area contributed by atoms with E-state index in [0.717, 1.165) is 11.1 Å². The average Bonchev–Trinajstić information content (AvgIpc) is 3.60. The van der Waals surface area contributed by atoms with Crippen LogP contribution in [0.25, 0.3) is 0 Å². The Balaban J connectivity index is 1.54. The lowest BCUT2D eigenvalue weighted by molar-refractivity contribution is -0.271. The van der Waals surface area contributed by atoms with Crippen LogP contribution < -0.4 is 0 Å². The number of hydrogen-bond acceptors (Lipinski definition) is 9. The van der Waals surface area contributed by atoms with Crippen LogP contribution in [-0.2, 0) is 33.3 Å². The van der Waals surface area contributed by atoms with Crippen molar-refractivity contribution in [2.24, 2.45) is 33.5 Å². The Bertz CT molecular complexity index is 1290. The lowest BCUT2D eigenvalue weighted by atomic mass is 9.36. The molecule has 4 aliphatic carbocycles. The molecule has 1 N–H and O–H groups in total. The van der Waals surface area contributed by atoms with Gasteiger partial charge in [-0.2, -0.15) is 0 Å². The monoisotopic (exact) mass is 570 g/mol. The minimum atomic E-state index is -0.881. The molecule has 3 saturated carbocycles. The molecule has 1 aliphatic heterocycles. The molecule has 0 bridgehead atoms. The van der Waals surface area contributed by atoms with Crippen LogP contribution in [0.2, 0.25) is 0 Å². The molecule has 1 saturated heterocycles. The van der Waals surface area contributed by atoms with E-state index in [1.807, 2.05) is 6.07 Å². The molecule has 0 radical (unpaired) electrons. The van der Waals surface area contributed by atoms with E-state index in [0.29, 0.717) is 25.9 Å². The van der Waals surface area contributed by atoms with E-state index in [9.17, 15) is 19.5 Å². The first-order valence-corrected chi connectivity index (χ1v) is 14.7. The van der Waals surface area contributed by atoms with Crippen molar-refractivity contribution in [1.29, 1.82) is 0 Å². The van der Waals surface area contributed by atoms with E-state index in [4.69, 9.17) is 23.4 Å². The van der Waals surface area contributed by atoms with E-state index in [1.165, 1.54) is 20.8 Å². The Morgan fingerprint density at radius 3 is 2.15 bits per heavy atom. The number of furan rings is 1. The van der Waals surface area contributed by atoms with Crippen molar-refractivity contribution in [3.63, 3.8) is 0 Å². The summed E-state index contributed by atoms with van der Waals surface area (Å²) >= 11 is 0. The van der Waals surface area contributed by atoms with Crippen LogP contribution in [0.1, 0.15) is 79.2 Å². The van der Waals surface area contributed by atoms with E-state index >= 15 is 0 Å². The van der Waals surface area contributed by atoms with Gasteiger partial charge in [0.15, 0.2) is 0 Å². The molecule has 0 spiro atoms. The summed E-state index contributed by atoms with van der Waals surface area (Å²) < 4.78 is 30.1. The molecule has 9 nitrogen and oxygen atoms in total. The molecule has 4 fully saturated rings. The molecule has 0 amide bonds. The van der Waals surface area contributed by atoms with E-state index in [-0.39, 0.29) is 23.7 Å². The van der Waals surface area contributed by atoms with Crippen LogP contribution in [0.15, 0.2) is 34.7 Å². The minimum absolute atomic E-state index is 0.00478. The van der Waals surface area contributed by atoms with Gasteiger partial charge in [0.1, 0.15) is 18.3 Å². The number of carbonyl (C=O) groups is 3. The lowest BCUT2D eigenvalue weighted by Crippen LogP contribution is -2.74. The maximum Gasteiger partial charge on any atom is 0.302 e. The molecule has 1 aromatic rings. The Morgan fingerprint density at radius 1 is 0.902 bits per heavy atom. The number of esters is 3. The van der Waals surface area contributed by atoms with Crippen LogP contribution in [0.5, 0.6) is 0 Å². The van der Waals surface area contributed by atoms with Gasteiger partial charge in [-0.25, -0.2) is 0 Å². The van der Waals surface area contributed by atoms with Gasteiger partial charge in [-0.1, -0.05) is 39.3 Å². The van der Waals surface area contributed by atoms with Crippen molar-refractivity contribution in [1.82, 2.24) is 0 Å². The first kappa shape index (κ1) is 28.5. The van der Waals surface area contributed by atoms with Gasteiger partial charge >= 0.3 is 17.9 Å². The molecule has 9 heteroatoms. The van der Waals surface area contributed by atoms with Gasteiger partial charge in [-0.15, -0.1) is 0 Å². The predicted molar refractivity (Wildman–Crippen MR) is 145 cm³/mol. The number of hydrogen-bond donors (Lipinski definition) is 1. The number of aliphatic hydroxyl groups excluding tert-OH is 1. The van der Waals surface area contributed by atoms with Crippen molar-refractivity contribution in [3.05, 3.63) is 35.8 Å². The number of rotatable bonds is 4. The summed E-state index contributed by atoms with van der Waals surface area (Å²) in [5.41, 5.74) is -0.578. The van der Waals surface area contributed by atoms with Gasteiger partial charge in [0.25, 0.3) is 0 Å². The zero-order valence-electron chi connectivity index (χ0n) is 25.0. The fraction of sp³-hybridized carbons (Fsp3) is 0.719. The average molecular weight is 571 g/mol. The summed E-state index contributed by atoms with van der Waals surface area (Å²) in [5, 5.41) is 12.4. The molecule has 0 unspecified atom stereocenters. The van der Waals surface area contributed by atoms with Crippen LogP contribution in [0.4, 0.5) is 0 Å². The fourth-order valence-electron chi connectivity index (χ4n) is 10.5. The topological polar surface area (TPSA) is 122 Å². The normalized spacial score (nSPS) is 47.9. The van der Waals surface area contributed by atoms with Crippen molar-refractivity contribution in [2.45, 2.75) is 104 Å². The standard InChI is InChI=1S/C32H42O9/c1-16(33)39-23-13-25(41-18(3)35)32(7)22-12-24(40-17(2)34)30(5)20(19-10-11-37-14-19)8-9-21(30)31(22,6)28(36)26-27(32)29(23,4)15-38-26/h9-11,14,20,22-28,36H,8,12-13,15H2,1-7H3/t20-,22-,23+,24-,25-,26+,27-,28+,29+,30-,31-,32-/m1/s1. The number of carbonyl (C=O) groups excluding carboxylic acids is 3. The van der Waals surface area contributed by atoms with Gasteiger partial charge in [-0.3, -0.25) is 14.4 Å². The predicted octanol–water partition coefficient (Wildman–Crippen LogP) is 4.33. The summed E-state index contributed by atoms with van der Waals surface area (Å²) in [7, 11) is 0. The Hall–Kier alpha value is -2.65. The molecule has 224 valence electrons. The number of fused-ring (bicyclic) bond motifs is 4.